The van der Waals surface area contributed by atoms with Crippen LogP contribution in [0, 0.1) is 19.8 Å². The molecule has 1 aromatic heterocycles. The number of nitrogens with one attached hydrogen (secondary N) is 1. The predicted octanol–water partition coefficient (Wildman–Crippen LogP) is 2.72. The molecule has 1 saturated heterocycles. The number of aromatic nitrogens is 1. The normalized spacial score (nSPS) is 17.5. The van der Waals surface area contributed by atoms with Crippen molar-refractivity contribution in [3.63, 3.8) is 0 Å². The lowest BCUT2D eigenvalue weighted by atomic mass is 9.99. The van der Waals surface area contributed by atoms with Gasteiger partial charge in [-0.25, -0.2) is 8.42 Å². The third-order valence-corrected chi connectivity index (χ3v) is 7.85. The van der Waals surface area contributed by atoms with Crippen LogP contribution in [0.25, 0.3) is 0 Å². The maximum Gasteiger partial charge on any atom is 0.248 e. The number of para-hydroxylation sites is 1. The second-order valence-electron chi connectivity index (χ2n) is 8.11. The summed E-state index contributed by atoms with van der Waals surface area (Å²) in [5, 5.41) is 6.74. The Hall–Kier alpha value is -2.39. The summed E-state index contributed by atoms with van der Waals surface area (Å²) in [6.45, 7) is 5.31. The summed E-state index contributed by atoms with van der Waals surface area (Å²) < 4.78 is 32.5. The van der Waals surface area contributed by atoms with Crippen molar-refractivity contribution in [3.8, 4) is 0 Å². The largest absolute Gasteiger partial charge is 0.375 e. The number of piperidine rings is 1. The molecule has 1 aliphatic heterocycles. The fourth-order valence-corrected chi connectivity index (χ4v) is 5.80. The Morgan fingerprint density at radius 1 is 1.26 bits per heavy atom. The summed E-state index contributed by atoms with van der Waals surface area (Å²) in [7, 11) is -1.66. The van der Waals surface area contributed by atoms with E-state index in [2.05, 4.69) is 34.6 Å². The second-order valence-corrected chi connectivity index (χ2v) is 9.99. The first-order valence-electron chi connectivity index (χ1n) is 10.8. The second kappa shape index (κ2) is 10.3. The minimum atomic E-state index is -3.72. The molecule has 1 atom stereocenters. The minimum Gasteiger partial charge on any atom is -0.375 e. The van der Waals surface area contributed by atoms with Crippen LogP contribution in [0.15, 0.2) is 39.8 Å². The highest BCUT2D eigenvalue weighted by Crippen LogP contribution is 2.27. The first kappa shape index (κ1) is 23.3. The van der Waals surface area contributed by atoms with Crippen molar-refractivity contribution >= 4 is 21.6 Å². The first-order valence-corrected chi connectivity index (χ1v) is 12.2. The molecule has 1 N–H and O–H groups in total. The quantitative estimate of drug-likeness (QED) is 0.593. The average molecular weight is 449 g/mol. The number of unbranched alkanes of at least 4 members (excludes halogenated alkanes) is 1. The van der Waals surface area contributed by atoms with Crippen molar-refractivity contribution in [2.75, 3.05) is 38.1 Å². The molecule has 170 valence electrons. The molecule has 0 saturated carbocycles. The molecular weight excluding hydrogens is 416 g/mol. The van der Waals surface area contributed by atoms with Crippen molar-refractivity contribution in [2.45, 2.75) is 44.4 Å². The van der Waals surface area contributed by atoms with Gasteiger partial charge in [-0.15, -0.1) is 0 Å². The Labute approximate surface area is 184 Å². The van der Waals surface area contributed by atoms with Crippen LogP contribution in [0.1, 0.15) is 37.1 Å². The van der Waals surface area contributed by atoms with Crippen LogP contribution < -0.4 is 10.2 Å². The van der Waals surface area contributed by atoms with Crippen molar-refractivity contribution in [1.82, 2.24) is 14.8 Å². The molecule has 1 unspecified atom stereocenters. The highest BCUT2D eigenvalue weighted by atomic mass is 32.2. The lowest BCUT2D eigenvalue weighted by molar-refractivity contribution is -0.126. The first-order chi connectivity index (χ1) is 14.8. The van der Waals surface area contributed by atoms with Gasteiger partial charge >= 0.3 is 0 Å². The van der Waals surface area contributed by atoms with E-state index in [1.165, 1.54) is 9.99 Å². The average Bonchev–Trinajstić information content (AvgIpc) is 3.12. The van der Waals surface area contributed by atoms with E-state index in [1.807, 2.05) is 18.2 Å². The van der Waals surface area contributed by atoms with E-state index in [0.29, 0.717) is 31.6 Å². The fraction of sp³-hybridized carbons (Fsp3) is 0.545. The maximum atomic E-state index is 13.0. The van der Waals surface area contributed by atoms with E-state index in [-0.39, 0.29) is 29.0 Å². The number of aryl methyl sites for hydroxylation is 2. The Morgan fingerprint density at radius 2 is 2.00 bits per heavy atom. The molecule has 1 aliphatic rings. The van der Waals surface area contributed by atoms with Crippen LogP contribution in [-0.2, 0) is 14.8 Å². The fourth-order valence-electron chi connectivity index (χ4n) is 3.99. The molecule has 2 aromatic rings. The van der Waals surface area contributed by atoms with Gasteiger partial charge in [-0.2, -0.15) is 4.31 Å². The van der Waals surface area contributed by atoms with Gasteiger partial charge in [0.1, 0.15) is 10.6 Å². The highest BCUT2D eigenvalue weighted by Gasteiger charge is 2.36. The summed E-state index contributed by atoms with van der Waals surface area (Å²) in [5.74, 6) is -0.129. The molecule has 31 heavy (non-hydrogen) atoms. The van der Waals surface area contributed by atoms with Crippen molar-refractivity contribution in [3.05, 3.63) is 41.8 Å². The topological polar surface area (TPSA) is 95.8 Å². The number of carbonyl (C=O) groups excluding carboxylic acids is 1. The number of hydrogen-bond acceptors (Lipinski definition) is 6. The summed E-state index contributed by atoms with van der Waals surface area (Å²) in [6, 6.07) is 10.2. The van der Waals surface area contributed by atoms with Crippen LogP contribution in [0.5, 0.6) is 0 Å². The molecule has 8 nitrogen and oxygen atoms in total. The number of amides is 1. The zero-order chi connectivity index (χ0) is 22.4. The number of rotatable bonds is 9. The molecule has 0 radical (unpaired) electrons. The van der Waals surface area contributed by atoms with E-state index < -0.39 is 10.0 Å². The summed E-state index contributed by atoms with van der Waals surface area (Å²) in [5.41, 5.74) is 1.53. The van der Waals surface area contributed by atoms with Crippen LogP contribution in [0.2, 0.25) is 0 Å². The molecule has 0 spiro atoms. The van der Waals surface area contributed by atoms with Gasteiger partial charge in [0.15, 0.2) is 5.76 Å². The summed E-state index contributed by atoms with van der Waals surface area (Å²) in [4.78, 5) is 15.0. The van der Waals surface area contributed by atoms with Crippen molar-refractivity contribution < 1.29 is 17.7 Å². The Morgan fingerprint density at radius 3 is 2.68 bits per heavy atom. The SMILES string of the molecule is Cc1noc(C)c1S(=O)(=O)N1CCCC(C(=O)NCCCCN(C)c2ccccc2)C1. The smallest absolute Gasteiger partial charge is 0.248 e. The van der Waals surface area contributed by atoms with E-state index in [4.69, 9.17) is 4.52 Å². The predicted molar refractivity (Wildman–Crippen MR) is 119 cm³/mol. The number of nitrogens with zero attached hydrogens (tertiary/aromatic N) is 3. The van der Waals surface area contributed by atoms with Gasteiger partial charge in [-0.05, 0) is 51.7 Å². The Kier molecular flexibility index (Phi) is 7.72. The van der Waals surface area contributed by atoms with Gasteiger partial charge in [-0.1, -0.05) is 23.4 Å². The Balaban J connectivity index is 1.45. The van der Waals surface area contributed by atoms with Gasteiger partial charge in [0.25, 0.3) is 0 Å². The van der Waals surface area contributed by atoms with Gasteiger partial charge in [-0.3, -0.25) is 4.79 Å². The molecule has 1 fully saturated rings. The Bertz CT molecular complexity index is 955. The van der Waals surface area contributed by atoms with E-state index >= 15 is 0 Å². The molecule has 1 amide bonds. The van der Waals surface area contributed by atoms with Gasteiger partial charge in [0.05, 0.1) is 5.92 Å². The molecule has 0 aliphatic carbocycles. The zero-order valence-electron chi connectivity index (χ0n) is 18.5. The van der Waals surface area contributed by atoms with Crippen LogP contribution in [0.3, 0.4) is 0 Å². The third kappa shape index (κ3) is 5.65. The monoisotopic (exact) mass is 448 g/mol. The highest BCUT2D eigenvalue weighted by molar-refractivity contribution is 7.89. The molecule has 2 heterocycles. The minimum absolute atomic E-state index is 0.0740. The van der Waals surface area contributed by atoms with Gasteiger partial charge < -0.3 is 14.7 Å². The number of carbonyl (C=O) groups is 1. The molecule has 0 bridgehead atoms. The maximum absolute atomic E-state index is 13.0. The van der Waals surface area contributed by atoms with Crippen LogP contribution in [-0.4, -0.2) is 57.0 Å². The standard InChI is InChI=1S/C22H32N4O4S/c1-17-21(18(2)30-24-17)31(28,29)26-15-9-10-19(16-26)22(27)23-13-7-8-14-25(3)20-11-5-4-6-12-20/h4-6,11-12,19H,7-10,13-16H2,1-3H3,(H,23,27). The van der Waals surface area contributed by atoms with Crippen molar-refractivity contribution in [1.29, 1.82) is 0 Å². The molecule has 1 aromatic carbocycles. The summed E-state index contributed by atoms with van der Waals surface area (Å²) >= 11 is 0. The lowest BCUT2D eigenvalue weighted by Gasteiger charge is -2.31. The molecule has 3 rings (SSSR count). The summed E-state index contributed by atoms with van der Waals surface area (Å²) in [6.07, 6.45) is 3.18. The van der Waals surface area contributed by atoms with Gasteiger partial charge in [0.2, 0.25) is 15.9 Å². The zero-order valence-corrected chi connectivity index (χ0v) is 19.3. The molecule has 9 heteroatoms. The van der Waals surface area contributed by atoms with Crippen molar-refractivity contribution in [2.24, 2.45) is 5.92 Å². The van der Waals surface area contributed by atoms with Gasteiger partial charge in [0, 0.05) is 38.9 Å². The van der Waals surface area contributed by atoms with E-state index in [1.54, 1.807) is 13.8 Å². The lowest BCUT2D eigenvalue weighted by Crippen LogP contribution is -2.45. The third-order valence-electron chi connectivity index (χ3n) is 5.74. The number of sulfonamides is 1. The van der Waals surface area contributed by atoms with Crippen LogP contribution in [0.4, 0.5) is 5.69 Å². The molecular formula is C22H32N4O4S. The number of anilines is 1. The van der Waals surface area contributed by atoms with Crippen LogP contribution >= 0.6 is 0 Å². The van der Waals surface area contributed by atoms with E-state index in [0.717, 1.165) is 19.4 Å². The number of benzene rings is 1. The number of hydrogen-bond donors (Lipinski definition) is 1. The van der Waals surface area contributed by atoms with E-state index in [9.17, 15) is 13.2 Å².